The molecule has 4 rings (SSSR count). The predicted molar refractivity (Wildman–Crippen MR) is 104 cm³/mol. The van der Waals surface area contributed by atoms with Crippen LogP contribution >= 0.6 is 0 Å². The first-order valence-electron chi connectivity index (χ1n) is 10.0. The number of carbonyl (C=O) groups excluding carboxylic acids is 1. The molecule has 2 aromatic rings. The van der Waals surface area contributed by atoms with Gasteiger partial charge < -0.3 is 4.90 Å². The second kappa shape index (κ2) is 7.61. The van der Waals surface area contributed by atoms with E-state index in [0.717, 1.165) is 50.0 Å². The molecule has 0 spiro atoms. The number of hydrogen-bond donors (Lipinski definition) is 0. The highest BCUT2D eigenvalue weighted by Crippen LogP contribution is 2.35. The predicted octanol–water partition coefficient (Wildman–Crippen LogP) is 4.83. The number of aromatic nitrogens is 1. The maximum absolute atomic E-state index is 12.9. The van der Waals surface area contributed by atoms with Crippen LogP contribution in [0.4, 0.5) is 0 Å². The minimum Gasteiger partial charge on any atom is -0.334 e. The Bertz CT molecular complexity index is 762. The first kappa shape index (κ1) is 17.3. The fourth-order valence-electron chi connectivity index (χ4n) is 4.44. The largest absolute Gasteiger partial charge is 0.334 e. The van der Waals surface area contributed by atoms with E-state index in [-0.39, 0.29) is 12.0 Å². The standard InChI is InChI=1S/C23H28N2O/c1-17-11-13-18(14-12-17)16-20-8-4-9-21(24-20)22-10-5-15-25(22)23(26)19-6-2-3-7-19/h4,8-9,11-14,19,22H,2-3,5-7,10,15-16H2,1H3/t22-/m0/s1. The van der Waals surface area contributed by atoms with Gasteiger partial charge in [0.1, 0.15) is 0 Å². The lowest BCUT2D eigenvalue weighted by Crippen LogP contribution is -2.35. The van der Waals surface area contributed by atoms with E-state index in [1.165, 1.54) is 24.0 Å². The number of carbonyl (C=O) groups is 1. The van der Waals surface area contributed by atoms with Crippen molar-refractivity contribution in [1.82, 2.24) is 9.88 Å². The third kappa shape index (κ3) is 3.67. The van der Waals surface area contributed by atoms with Crippen LogP contribution < -0.4 is 0 Å². The fourth-order valence-corrected chi connectivity index (χ4v) is 4.44. The molecule has 0 N–H and O–H groups in total. The van der Waals surface area contributed by atoms with E-state index in [9.17, 15) is 4.79 Å². The Balaban J connectivity index is 1.51. The average molecular weight is 348 g/mol. The molecule has 1 atom stereocenters. The van der Waals surface area contributed by atoms with E-state index in [4.69, 9.17) is 4.98 Å². The van der Waals surface area contributed by atoms with Crippen molar-refractivity contribution < 1.29 is 4.79 Å². The van der Waals surface area contributed by atoms with Crippen LogP contribution in [0.5, 0.6) is 0 Å². The zero-order valence-corrected chi connectivity index (χ0v) is 15.7. The summed E-state index contributed by atoms with van der Waals surface area (Å²) in [4.78, 5) is 20.0. The van der Waals surface area contributed by atoms with Crippen molar-refractivity contribution in [2.75, 3.05) is 6.54 Å². The molecule has 1 aliphatic carbocycles. The number of nitrogens with zero attached hydrogens (tertiary/aromatic N) is 2. The van der Waals surface area contributed by atoms with Gasteiger partial charge in [0.05, 0.1) is 11.7 Å². The number of hydrogen-bond acceptors (Lipinski definition) is 2. The van der Waals surface area contributed by atoms with Crippen LogP contribution in [0.15, 0.2) is 42.5 Å². The van der Waals surface area contributed by atoms with Crippen LogP contribution in [-0.2, 0) is 11.2 Å². The van der Waals surface area contributed by atoms with Crippen molar-refractivity contribution in [3.8, 4) is 0 Å². The minimum atomic E-state index is 0.168. The number of benzene rings is 1. The van der Waals surface area contributed by atoms with E-state index in [1.807, 2.05) is 0 Å². The van der Waals surface area contributed by atoms with Crippen LogP contribution in [0.25, 0.3) is 0 Å². The summed E-state index contributed by atoms with van der Waals surface area (Å²) in [6.07, 6.45) is 7.54. The summed E-state index contributed by atoms with van der Waals surface area (Å²) < 4.78 is 0. The first-order chi connectivity index (χ1) is 12.7. The van der Waals surface area contributed by atoms with Gasteiger partial charge in [0.2, 0.25) is 5.91 Å². The van der Waals surface area contributed by atoms with Gasteiger partial charge in [-0.1, -0.05) is 48.7 Å². The second-order valence-corrected chi connectivity index (χ2v) is 7.89. The zero-order valence-electron chi connectivity index (χ0n) is 15.7. The summed E-state index contributed by atoms with van der Waals surface area (Å²) in [5, 5.41) is 0. The van der Waals surface area contributed by atoms with E-state index in [2.05, 4.69) is 54.3 Å². The molecule has 3 heteroatoms. The van der Waals surface area contributed by atoms with Gasteiger partial charge in [-0.15, -0.1) is 0 Å². The van der Waals surface area contributed by atoms with Gasteiger partial charge in [0, 0.05) is 24.6 Å². The molecular weight excluding hydrogens is 320 g/mol. The SMILES string of the molecule is Cc1ccc(Cc2cccc([C@@H]3CCCN3C(=O)C3CCCC3)n2)cc1. The van der Waals surface area contributed by atoms with Crippen molar-refractivity contribution in [2.45, 2.75) is 57.9 Å². The molecule has 2 aliphatic rings. The summed E-state index contributed by atoms with van der Waals surface area (Å²) >= 11 is 0. The lowest BCUT2D eigenvalue weighted by atomic mass is 10.0. The molecule has 1 amide bonds. The van der Waals surface area contributed by atoms with E-state index in [1.54, 1.807) is 0 Å². The highest BCUT2D eigenvalue weighted by atomic mass is 16.2. The zero-order chi connectivity index (χ0) is 17.9. The number of rotatable bonds is 4. The Morgan fingerprint density at radius 3 is 2.58 bits per heavy atom. The maximum Gasteiger partial charge on any atom is 0.226 e. The third-order valence-corrected chi connectivity index (χ3v) is 5.92. The molecule has 0 radical (unpaired) electrons. The lowest BCUT2D eigenvalue weighted by molar-refractivity contribution is -0.136. The van der Waals surface area contributed by atoms with Crippen LogP contribution in [0.3, 0.4) is 0 Å². The van der Waals surface area contributed by atoms with E-state index < -0.39 is 0 Å². The molecule has 1 aromatic heterocycles. The quantitative estimate of drug-likeness (QED) is 0.792. The Labute approximate surface area is 156 Å². The Morgan fingerprint density at radius 1 is 1.04 bits per heavy atom. The topological polar surface area (TPSA) is 33.2 Å². The van der Waals surface area contributed by atoms with Gasteiger partial charge in [-0.2, -0.15) is 0 Å². The summed E-state index contributed by atoms with van der Waals surface area (Å²) in [6, 6.07) is 15.1. The number of likely N-dealkylation sites (tertiary alicyclic amines) is 1. The Hall–Kier alpha value is -2.16. The highest BCUT2D eigenvalue weighted by Gasteiger charge is 2.35. The smallest absolute Gasteiger partial charge is 0.226 e. The molecule has 1 saturated carbocycles. The second-order valence-electron chi connectivity index (χ2n) is 7.89. The van der Waals surface area contributed by atoms with Gasteiger partial charge in [-0.25, -0.2) is 0 Å². The van der Waals surface area contributed by atoms with Gasteiger partial charge in [0.25, 0.3) is 0 Å². The van der Waals surface area contributed by atoms with Crippen molar-refractivity contribution in [3.63, 3.8) is 0 Å². The van der Waals surface area contributed by atoms with Gasteiger partial charge in [-0.05, 0) is 50.3 Å². The van der Waals surface area contributed by atoms with E-state index >= 15 is 0 Å². The minimum absolute atomic E-state index is 0.168. The molecule has 1 saturated heterocycles. The number of amides is 1. The Morgan fingerprint density at radius 2 is 1.81 bits per heavy atom. The fraction of sp³-hybridized carbons (Fsp3) is 0.478. The molecule has 0 bridgehead atoms. The molecular formula is C23H28N2O. The van der Waals surface area contributed by atoms with Crippen molar-refractivity contribution in [1.29, 1.82) is 0 Å². The van der Waals surface area contributed by atoms with Crippen LogP contribution in [-0.4, -0.2) is 22.3 Å². The summed E-state index contributed by atoms with van der Waals surface area (Å²) in [5.74, 6) is 0.627. The molecule has 3 nitrogen and oxygen atoms in total. The molecule has 0 unspecified atom stereocenters. The van der Waals surface area contributed by atoms with Crippen LogP contribution in [0, 0.1) is 12.8 Å². The summed E-state index contributed by atoms with van der Waals surface area (Å²) in [7, 11) is 0. The van der Waals surface area contributed by atoms with Gasteiger partial charge in [-0.3, -0.25) is 9.78 Å². The molecule has 136 valence electrons. The molecule has 2 heterocycles. The third-order valence-electron chi connectivity index (χ3n) is 5.92. The van der Waals surface area contributed by atoms with Crippen molar-refractivity contribution >= 4 is 5.91 Å². The van der Waals surface area contributed by atoms with Gasteiger partial charge >= 0.3 is 0 Å². The average Bonchev–Trinajstić information content (AvgIpc) is 3.35. The first-order valence-corrected chi connectivity index (χ1v) is 10.0. The van der Waals surface area contributed by atoms with Crippen molar-refractivity contribution in [3.05, 3.63) is 65.0 Å². The number of pyridine rings is 1. The molecule has 1 aliphatic heterocycles. The van der Waals surface area contributed by atoms with Crippen LogP contribution in [0.1, 0.15) is 67.1 Å². The maximum atomic E-state index is 12.9. The van der Waals surface area contributed by atoms with Gasteiger partial charge in [0.15, 0.2) is 0 Å². The summed E-state index contributed by atoms with van der Waals surface area (Å²) in [6.45, 7) is 3.00. The Kier molecular flexibility index (Phi) is 5.05. The molecule has 1 aromatic carbocycles. The lowest BCUT2D eigenvalue weighted by Gasteiger charge is -2.27. The normalized spacial score (nSPS) is 20.7. The monoisotopic (exact) mass is 348 g/mol. The van der Waals surface area contributed by atoms with Crippen molar-refractivity contribution in [2.24, 2.45) is 5.92 Å². The molecule has 26 heavy (non-hydrogen) atoms. The van der Waals surface area contributed by atoms with E-state index in [0.29, 0.717) is 5.91 Å². The number of aryl methyl sites for hydroxylation is 1. The molecule has 2 fully saturated rings. The highest BCUT2D eigenvalue weighted by molar-refractivity contribution is 5.79. The summed E-state index contributed by atoms with van der Waals surface area (Å²) in [5.41, 5.74) is 4.72. The van der Waals surface area contributed by atoms with Crippen LogP contribution in [0.2, 0.25) is 0 Å².